The summed E-state index contributed by atoms with van der Waals surface area (Å²) < 4.78 is 25.2. The first-order valence-electron chi connectivity index (χ1n) is 6.11. The number of hydrogen-bond acceptors (Lipinski definition) is 2. The Hall–Kier alpha value is -2.63. The maximum Gasteiger partial charge on any atom is 0.204 e. The second kappa shape index (κ2) is 5.40. The molecule has 0 heterocycles. The number of sulfone groups is 1. The molecule has 0 fully saturated rings. The molecule has 0 N–H and O–H groups in total. The standard InChI is InChI=1S/C16H12N2O2S/c1-11-5-7-13(9-15(11)17-3)21(19,20)14-8-6-12(2)16(10-14)18-4/h5-10H,1-2H3. The van der Waals surface area contributed by atoms with Gasteiger partial charge in [-0.2, -0.15) is 0 Å². The zero-order chi connectivity index (χ0) is 15.6. The zero-order valence-electron chi connectivity index (χ0n) is 11.6. The Morgan fingerprint density at radius 1 is 0.810 bits per heavy atom. The highest BCUT2D eigenvalue weighted by Gasteiger charge is 2.19. The van der Waals surface area contributed by atoms with Crippen LogP contribution in [0.3, 0.4) is 0 Å². The minimum Gasteiger partial charge on any atom is -0.238 e. The summed E-state index contributed by atoms with van der Waals surface area (Å²) in [6, 6.07) is 8.94. The van der Waals surface area contributed by atoms with Crippen LogP contribution in [0.15, 0.2) is 46.2 Å². The molecule has 2 rings (SSSR count). The predicted octanol–water partition coefficient (Wildman–Crippen LogP) is 4.24. The van der Waals surface area contributed by atoms with Gasteiger partial charge in [-0.3, -0.25) is 0 Å². The molecule has 0 aromatic heterocycles. The third-order valence-electron chi connectivity index (χ3n) is 3.22. The van der Waals surface area contributed by atoms with Crippen molar-refractivity contribution < 1.29 is 8.42 Å². The van der Waals surface area contributed by atoms with Crippen LogP contribution < -0.4 is 0 Å². The minimum atomic E-state index is -3.72. The molecule has 0 aliphatic rings. The molecule has 5 heteroatoms. The Morgan fingerprint density at radius 2 is 1.19 bits per heavy atom. The molecule has 2 aromatic carbocycles. The number of aryl methyl sites for hydroxylation is 2. The van der Waals surface area contributed by atoms with E-state index in [-0.39, 0.29) is 9.79 Å². The second-order valence-electron chi connectivity index (χ2n) is 4.62. The van der Waals surface area contributed by atoms with Gasteiger partial charge in [0.1, 0.15) is 0 Å². The largest absolute Gasteiger partial charge is 0.238 e. The summed E-state index contributed by atoms with van der Waals surface area (Å²) >= 11 is 0. The average Bonchev–Trinajstić information content (AvgIpc) is 2.47. The van der Waals surface area contributed by atoms with Crippen LogP contribution in [0.4, 0.5) is 11.4 Å². The first kappa shape index (κ1) is 14.8. The van der Waals surface area contributed by atoms with Crippen molar-refractivity contribution in [1.82, 2.24) is 0 Å². The van der Waals surface area contributed by atoms with Crippen LogP contribution in [-0.2, 0) is 9.84 Å². The molecule has 0 amide bonds. The highest BCUT2D eigenvalue weighted by atomic mass is 32.2. The van der Waals surface area contributed by atoms with Gasteiger partial charge in [0.15, 0.2) is 11.4 Å². The monoisotopic (exact) mass is 296 g/mol. The molecule has 4 nitrogen and oxygen atoms in total. The van der Waals surface area contributed by atoms with Gasteiger partial charge in [-0.25, -0.2) is 18.1 Å². The molecule has 0 aliphatic heterocycles. The maximum absolute atomic E-state index is 12.6. The van der Waals surface area contributed by atoms with Gasteiger partial charge >= 0.3 is 0 Å². The van der Waals surface area contributed by atoms with Gasteiger partial charge < -0.3 is 0 Å². The van der Waals surface area contributed by atoms with Crippen molar-refractivity contribution in [3.8, 4) is 0 Å². The third-order valence-corrected chi connectivity index (χ3v) is 4.97. The number of rotatable bonds is 2. The van der Waals surface area contributed by atoms with E-state index >= 15 is 0 Å². The van der Waals surface area contributed by atoms with Crippen molar-refractivity contribution in [3.05, 3.63) is 70.4 Å². The lowest BCUT2D eigenvalue weighted by atomic mass is 10.2. The van der Waals surface area contributed by atoms with E-state index < -0.39 is 9.84 Å². The molecule has 0 aliphatic carbocycles. The van der Waals surface area contributed by atoms with Gasteiger partial charge in [-0.15, -0.1) is 0 Å². The average molecular weight is 296 g/mol. The van der Waals surface area contributed by atoms with E-state index in [9.17, 15) is 8.42 Å². The van der Waals surface area contributed by atoms with Gasteiger partial charge in [-0.1, -0.05) is 12.1 Å². The maximum atomic E-state index is 12.6. The molecular formula is C16H12N2O2S. The van der Waals surface area contributed by atoms with Crippen LogP contribution in [-0.4, -0.2) is 8.42 Å². The van der Waals surface area contributed by atoms with E-state index in [0.29, 0.717) is 11.4 Å². The number of benzene rings is 2. The molecule has 0 bridgehead atoms. The van der Waals surface area contributed by atoms with Crippen LogP contribution in [0.25, 0.3) is 9.69 Å². The summed E-state index contributed by atoms with van der Waals surface area (Å²) in [6.07, 6.45) is 0. The summed E-state index contributed by atoms with van der Waals surface area (Å²) in [7, 11) is -3.72. The Morgan fingerprint density at radius 3 is 1.52 bits per heavy atom. The number of nitrogens with zero attached hydrogens (tertiary/aromatic N) is 2. The highest BCUT2D eigenvalue weighted by Crippen LogP contribution is 2.30. The lowest BCUT2D eigenvalue weighted by Gasteiger charge is -2.08. The second-order valence-corrected chi connectivity index (χ2v) is 6.57. The van der Waals surface area contributed by atoms with Gasteiger partial charge in [0, 0.05) is 0 Å². The fourth-order valence-corrected chi connectivity index (χ4v) is 3.19. The van der Waals surface area contributed by atoms with Gasteiger partial charge in [-0.05, 0) is 49.2 Å². The van der Waals surface area contributed by atoms with Crippen LogP contribution >= 0.6 is 0 Å². The first-order valence-corrected chi connectivity index (χ1v) is 7.60. The Balaban J connectivity index is 2.63. The van der Waals surface area contributed by atoms with Gasteiger partial charge in [0.05, 0.1) is 22.9 Å². The normalized spacial score (nSPS) is 10.7. The summed E-state index contributed by atoms with van der Waals surface area (Å²) in [6.45, 7) is 17.7. The van der Waals surface area contributed by atoms with Gasteiger partial charge in [0.25, 0.3) is 0 Å². The molecule has 21 heavy (non-hydrogen) atoms. The van der Waals surface area contributed by atoms with E-state index in [4.69, 9.17) is 13.1 Å². The molecular weight excluding hydrogens is 284 g/mol. The Kier molecular flexibility index (Phi) is 3.80. The van der Waals surface area contributed by atoms with Crippen LogP contribution in [0, 0.1) is 27.0 Å². The lowest BCUT2D eigenvalue weighted by Crippen LogP contribution is -2.02. The molecule has 0 radical (unpaired) electrons. The smallest absolute Gasteiger partial charge is 0.204 e. The molecule has 0 saturated carbocycles. The molecule has 0 saturated heterocycles. The molecule has 104 valence electrons. The first-order chi connectivity index (χ1) is 9.90. The van der Waals surface area contributed by atoms with Crippen molar-refractivity contribution >= 4 is 21.2 Å². The van der Waals surface area contributed by atoms with Crippen molar-refractivity contribution in [2.45, 2.75) is 23.6 Å². The fourth-order valence-electron chi connectivity index (χ4n) is 1.89. The van der Waals surface area contributed by atoms with E-state index in [1.807, 2.05) is 0 Å². The Labute approximate surface area is 124 Å². The zero-order valence-corrected chi connectivity index (χ0v) is 12.4. The summed E-state index contributed by atoms with van der Waals surface area (Å²) in [5.41, 5.74) is 2.09. The minimum absolute atomic E-state index is 0.0684. The highest BCUT2D eigenvalue weighted by molar-refractivity contribution is 7.91. The quantitative estimate of drug-likeness (QED) is 0.778. The Bertz CT molecular complexity index is 831. The molecule has 0 unspecified atom stereocenters. The van der Waals surface area contributed by atoms with E-state index in [0.717, 1.165) is 11.1 Å². The van der Waals surface area contributed by atoms with Crippen molar-refractivity contribution in [2.24, 2.45) is 0 Å². The van der Waals surface area contributed by atoms with Crippen molar-refractivity contribution in [3.63, 3.8) is 0 Å². The van der Waals surface area contributed by atoms with Crippen LogP contribution in [0.1, 0.15) is 11.1 Å². The van der Waals surface area contributed by atoms with E-state index in [1.54, 1.807) is 26.0 Å². The molecule has 2 aromatic rings. The van der Waals surface area contributed by atoms with Crippen molar-refractivity contribution in [2.75, 3.05) is 0 Å². The lowest BCUT2D eigenvalue weighted by molar-refractivity contribution is 0.596. The molecule has 0 atom stereocenters. The predicted molar refractivity (Wildman–Crippen MR) is 80.3 cm³/mol. The summed E-state index contributed by atoms with van der Waals surface area (Å²) in [5.74, 6) is 0. The SMILES string of the molecule is [C-]#[N+]c1cc(S(=O)(=O)c2ccc(C)c([N+]#[C-])c2)ccc1C. The molecule has 0 spiro atoms. The summed E-state index contributed by atoms with van der Waals surface area (Å²) in [4.78, 5) is 6.78. The van der Waals surface area contributed by atoms with Crippen molar-refractivity contribution in [1.29, 1.82) is 0 Å². The number of hydrogen-bond donors (Lipinski definition) is 0. The van der Waals surface area contributed by atoms with Crippen LogP contribution in [0.2, 0.25) is 0 Å². The fraction of sp³-hybridized carbons (Fsp3) is 0.125. The summed E-state index contributed by atoms with van der Waals surface area (Å²) in [5, 5.41) is 0. The van der Waals surface area contributed by atoms with Gasteiger partial charge in [0.2, 0.25) is 9.84 Å². The third kappa shape index (κ3) is 2.65. The van der Waals surface area contributed by atoms with E-state index in [2.05, 4.69) is 9.69 Å². The van der Waals surface area contributed by atoms with Crippen LogP contribution in [0.5, 0.6) is 0 Å². The van der Waals surface area contributed by atoms with E-state index in [1.165, 1.54) is 24.3 Å². The topological polar surface area (TPSA) is 42.9 Å².